The Balaban J connectivity index is 0.00000225. The molecular formula is C19H28Cl2N2O2. The third-order valence-electron chi connectivity index (χ3n) is 5.51. The lowest BCUT2D eigenvalue weighted by atomic mass is 9.65. The standard InChI is InChI=1S/C19H27ClN2O2.ClH/c1-12(24-17-8-3-2-7-16(17)20)11-22-19(23)15-9-13-5-4-6-14(10-15)18(13)21;/h2-3,7-8,12-15,18H,4-6,9-11,21H2,1H3,(H,22,23);1H. The van der Waals surface area contributed by atoms with Gasteiger partial charge >= 0.3 is 0 Å². The van der Waals surface area contributed by atoms with Gasteiger partial charge in [0.05, 0.1) is 11.6 Å². The molecule has 0 aromatic heterocycles. The molecule has 2 aliphatic rings. The van der Waals surface area contributed by atoms with Gasteiger partial charge in [-0.3, -0.25) is 4.79 Å². The Morgan fingerprint density at radius 3 is 2.60 bits per heavy atom. The molecule has 2 fully saturated rings. The van der Waals surface area contributed by atoms with Crippen molar-refractivity contribution in [1.29, 1.82) is 0 Å². The van der Waals surface area contributed by atoms with Gasteiger partial charge in [0, 0.05) is 12.0 Å². The predicted octanol–water partition coefficient (Wildman–Crippen LogP) is 3.80. The highest BCUT2D eigenvalue weighted by Gasteiger charge is 2.40. The minimum absolute atomic E-state index is 0. The summed E-state index contributed by atoms with van der Waals surface area (Å²) in [6, 6.07) is 7.68. The number of hydrogen-bond donors (Lipinski definition) is 2. The van der Waals surface area contributed by atoms with E-state index in [0.29, 0.717) is 35.2 Å². The van der Waals surface area contributed by atoms with Gasteiger partial charge in [0.1, 0.15) is 11.9 Å². The average Bonchev–Trinajstić information content (AvgIpc) is 2.54. The van der Waals surface area contributed by atoms with Crippen molar-refractivity contribution in [1.82, 2.24) is 5.32 Å². The van der Waals surface area contributed by atoms with Crippen LogP contribution >= 0.6 is 24.0 Å². The van der Waals surface area contributed by atoms with E-state index in [1.54, 1.807) is 6.07 Å². The Morgan fingerprint density at radius 1 is 1.32 bits per heavy atom. The number of halogens is 2. The summed E-state index contributed by atoms with van der Waals surface area (Å²) < 4.78 is 5.81. The molecule has 0 heterocycles. The van der Waals surface area contributed by atoms with Crippen molar-refractivity contribution in [2.24, 2.45) is 23.5 Å². The number of ether oxygens (including phenoxy) is 1. The van der Waals surface area contributed by atoms with Crippen LogP contribution < -0.4 is 15.8 Å². The minimum atomic E-state index is -0.126. The van der Waals surface area contributed by atoms with Crippen molar-refractivity contribution in [2.45, 2.75) is 51.2 Å². The SMILES string of the molecule is CC(CNC(=O)C1CC2CCCC(C1)C2N)Oc1ccccc1Cl.Cl. The zero-order chi connectivity index (χ0) is 17.1. The molecule has 1 amide bonds. The highest BCUT2D eigenvalue weighted by molar-refractivity contribution is 6.32. The summed E-state index contributed by atoms with van der Waals surface area (Å²) >= 11 is 6.10. The summed E-state index contributed by atoms with van der Waals surface area (Å²) in [5.41, 5.74) is 6.30. The molecule has 0 spiro atoms. The van der Waals surface area contributed by atoms with E-state index in [4.69, 9.17) is 22.1 Å². The number of fused-ring (bicyclic) bond motifs is 2. The lowest BCUT2D eigenvalue weighted by Crippen LogP contribution is -2.49. The normalized spacial score (nSPS) is 29.2. The molecule has 3 rings (SSSR count). The second kappa shape index (κ2) is 9.11. The fourth-order valence-corrected chi connectivity index (χ4v) is 4.37. The molecule has 3 N–H and O–H groups in total. The summed E-state index contributed by atoms with van der Waals surface area (Å²) in [7, 11) is 0. The molecule has 25 heavy (non-hydrogen) atoms. The van der Waals surface area contributed by atoms with E-state index in [1.807, 2.05) is 25.1 Å². The van der Waals surface area contributed by atoms with E-state index in [1.165, 1.54) is 19.3 Å². The molecule has 3 unspecified atom stereocenters. The molecule has 2 aliphatic carbocycles. The van der Waals surface area contributed by atoms with Crippen molar-refractivity contribution in [3.05, 3.63) is 29.3 Å². The largest absolute Gasteiger partial charge is 0.487 e. The van der Waals surface area contributed by atoms with Gasteiger partial charge in [-0.25, -0.2) is 0 Å². The van der Waals surface area contributed by atoms with E-state index < -0.39 is 0 Å². The number of carbonyl (C=O) groups is 1. The minimum Gasteiger partial charge on any atom is -0.487 e. The van der Waals surface area contributed by atoms with Crippen LogP contribution in [0.4, 0.5) is 0 Å². The van der Waals surface area contributed by atoms with Gasteiger partial charge in [0.2, 0.25) is 5.91 Å². The van der Waals surface area contributed by atoms with Gasteiger partial charge in [-0.15, -0.1) is 12.4 Å². The van der Waals surface area contributed by atoms with Crippen LogP contribution in [0.3, 0.4) is 0 Å². The number of hydrogen-bond acceptors (Lipinski definition) is 3. The number of amides is 1. The monoisotopic (exact) mass is 386 g/mol. The maximum atomic E-state index is 12.5. The number of carbonyl (C=O) groups excluding carboxylic acids is 1. The second-order valence-corrected chi connectivity index (χ2v) is 7.71. The molecule has 2 saturated carbocycles. The van der Waals surface area contributed by atoms with E-state index in [2.05, 4.69) is 5.32 Å². The van der Waals surface area contributed by atoms with E-state index in [0.717, 1.165) is 12.8 Å². The maximum Gasteiger partial charge on any atom is 0.223 e. The highest BCUT2D eigenvalue weighted by Crippen LogP contribution is 2.41. The molecule has 2 bridgehead atoms. The van der Waals surface area contributed by atoms with Gasteiger partial charge in [-0.1, -0.05) is 30.2 Å². The number of benzene rings is 1. The van der Waals surface area contributed by atoms with Crippen LogP contribution in [0.5, 0.6) is 5.75 Å². The van der Waals surface area contributed by atoms with Gasteiger partial charge in [0.15, 0.2) is 0 Å². The zero-order valence-electron chi connectivity index (χ0n) is 14.6. The smallest absolute Gasteiger partial charge is 0.223 e. The van der Waals surface area contributed by atoms with E-state index >= 15 is 0 Å². The van der Waals surface area contributed by atoms with Gasteiger partial charge in [-0.2, -0.15) is 0 Å². The molecular weight excluding hydrogens is 359 g/mol. The third-order valence-corrected chi connectivity index (χ3v) is 5.82. The van der Waals surface area contributed by atoms with Crippen LogP contribution in [0.15, 0.2) is 24.3 Å². The first-order valence-electron chi connectivity index (χ1n) is 8.99. The van der Waals surface area contributed by atoms with Crippen LogP contribution in [-0.4, -0.2) is 24.6 Å². The van der Waals surface area contributed by atoms with Crippen LogP contribution in [-0.2, 0) is 4.79 Å². The Bertz CT molecular complexity index is 570. The lowest BCUT2D eigenvalue weighted by Gasteiger charge is -2.43. The Labute approximate surface area is 161 Å². The van der Waals surface area contributed by atoms with E-state index in [-0.39, 0.29) is 30.3 Å². The molecule has 0 radical (unpaired) electrons. The zero-order valence-corrected chi connectivity index (χ0v) is 16.2. The van der Waals surface area contributed by atoms with Crippen molar-refractivity contribution in [3.63, 3.8) is 0 Å². The van der Waals surface area contributed by atoms with Crippen LogP contribution in [0.1, 0.15) is 39.0 Å². The molecule has 0 aliphatic heterocycles. The molecule has 1 aromatic rings. The molecule has 4 nitrogen and oxygen atoms in total. The Hall–Kier alpha value is -0.970. The van der Waals surface area contributed by atoms with Gasteiger partial charge in [-0.05, 0) is 56.6 Å². The number of nitrogens with one attached hydrogen (secondary N) is 1. The van der Waals surface area contributed by atoms with Crippen molar-refractivity contribution in [2.75, 3.05) is 6.54 Å². The molecule has 1 aromatic carbocycles. The predicted molar refractivity (Wildman–Crippen MR) is 103 cm³/mol. The molecule has 6 heteroatoms. The fraction of sp³-hybridized carbons (Fsp3) is 0.632. The van der Waals surface area contributed by atoms with Crippen LogP contribution in [0, 0.1) is 17.8 Å². The lowest BCUT2D eigenvalue weighted by molar-refractivity contribution is -0.128. The third kappa shape index (κ3) is 5.02. The maximum absolute atomic E-state index is 12.5. The summed E-state index contributed by atoms with van der Waals surface area (Å²) in [4.78, 5) is 12.5. The number of nitrogens with two attached hydrogens (primary N) is 1. The summed E-state index contributed by atoms with van der Waals surface area (Å²) in [5.74, 6) is 1.94. The quantitative estimate of drug-likeness (QED) is 0.808. The first-order valence-corrected chi connectivity index (χ1v) is 9.37. The molecule has 140 valence electrons. The Kier molecular flexibility index (Phi) is 7.41. The topological polar surface area (TPSA) is 64.4 Å². The van der Waals surface area contributed by atoms with Gasteiger partial charge < -0.3 is 15.8 Å². The highest BCUT2D eigenvalue weighted by atomic mass is 35.5. The average molecular weight is 387 g/mol. The van der Waals surface area contributed by atoms with Crippen molar-refractivity contribution >= 4 is 29.9 Å². The van der Waals surface area contributed by atoms with Crippen molar-refractivity contribution in [3.8, 4) is 5.75 Å². The number of para-hydroxylation sites is 1. The summed E-state index contributed by atoms with van der Waals surface area (Å²) in [5, 5.41) is 3.64. The first-order chi connectivity index (χ1) is 11.5. The summed E-state index contributed by atoms with van der Waals surface area (Å²) in [6.07, 6.45) is 5.35. The van der Waals surface area contributed by atoms with Gasteiger partial charge in [0.25, 0.3) is 0 Å². The Morgan fingerprint density at radius 2 is 1.96 bits per heavy atom. The van der Waals surface area contributed by atoms with E-state index in [9.17, 15) is 4.79 Å². The van der Waals surface area contributed by atoms with Crippen LogP contribution in [0.2, 0.25) is 5.02 Å². The first kappa shape index (κ1) is 20.3. The summed E-state index contributed by atoms with van der Waals surface area (Å²) in [6.45, 7) is 2.43. The van der Waals surface area contributed by atoms with Crippen LogP contribution in [0.25, 0.3) is 0 Å². The molecule has 0 saturated heterocycles. The fourth-order valence-electron chi connectivity index (χ4n) is 4.19. The molecule has 3 atom stereocenters. The van der Waals surface area contributed by atoms with Crippen molar-refractivity contribution < 1.29 is 9.53 Å². The second-order valence-electron chi connectivity index (χ2n) is 7.30. The number of rotatable bonds is 5.